The second-order valence-electron chi connectivity index (χ2n) is 3.89. The molecule has 1 N–H and O–H groups in total. The van der Waals surface area contributed by atoms with Gasteiger partial charge in [-0.15, -0.1) is 0 Å². The van der Waals surface area contributed by atoms with E-state index in [0.717, 1.165) is 23.1 Å². The highest BCUT2D eigenvalue weighted by Crippen LogP contribution is 2.10. The largest absolute Gasteiger partial charge is 0.313 e. The Labute approximate surface area is 99.9 Å². The van der Waals surface area contributed by atoms with E-state index in [1.807, 2.05) is 12.3 Å². The SMILES string of the molecule is CC(C)CNC/C=C/c1cncc(Br)c1. The first-order valence-corrected chi connectivity index (χ1v) is 5.95. The van der Waals surface area contributed by atoms with Gasteiger partial charge in [0.2, 0.25) is 0 Å². The van der Waals surface area contributed by atoms with Gasteiger partial charge in [0.15, 0.2) is 0 Å². The van der Waals surface area contributed by atoms with Crippen LogP contribution in [0.25, 0.3) is 6.08 Å². The van der Waals surface area contributed by atoms with E-state index in [-0.39, 0.29) is 0 Å². The van der Waals surface area contributed by atoms with Crippen LogP contribution in [0.3, 0.4) is 0 Å². The Hall–Kier alpha value is -0.670. The first kappa shape index (κ1) is 12.4. The number of aromatic nitrogens is 1. The lowest BCUT2D eigenvalue weighted by Crippen LogP contribution is -2.19. The molecule has 3 heteroatoms. The molecule has 1 aromatic rings. The average molecular weight is 269 g/mol. The summed E-state index contributed by atoms with van der Waals surface area (Å²) in [5.74, 6) is 0.700. The van der Waals surface area contributed by atoms with E-state index in [9.17, 15) is 0 Å². The summed E-state index contributed by atoms with van der Waals surface area (Å²) in [6.45, 7) is 6.37. The number of halogens is 1. The van der Waals surface area contributed by atoms with Gasteiger partial charge in [-0.1, -0.05) is 26.0 Å². The molecule has 15 heavy (non-hydrogen) atoms. The molecule has 0 saturated carbocycles. The molecule has 0 saturated heterocycles. The van der Waals surface area contributed by atoms with Gasteiger partial charge in [0.25, 0.3) is 0 Å². The number of nitrogens with zero attached hydrogens (tertiary/aromatic N) is 1. The van der Waals surface area contributed by atoms with Gasteiger partial charge in [0.1, 0.15) is 0 Å². The zero-order chi connectivity index (χ0) is 11.1. The highest BCUT2D eigenvalue weighted by Gasteiger charge is 1.91. The molecular weight excluding hydrogens is 252 g/mol. The number of hydrogen-bond acceptors (Lipinski definition) is 2. The topological polar surface area (TPSA) is 24.9 Å². The lowest BCUT2D eigenvalue weighted by molar-refractivity contribution is 0.577. The lowest BCUT2D eigenvalue weighted by atomic mass is 10.2. The summed E-state index contributed by atoms with van der Waals surface area (Å²) in [5.41, 5.74) is 1.12. The van der Waals surface area contributed by atoms with E-state index in [1.54, 1.807) is 6.20 Å². The maximum atomic E-state index is 4.09. The van der Waals surface area contributed by atoms with Crippen LogP contribution in [-0.2, 0) is 0 Å². The van der Waals surface area contributed by atoms with Crippen LogP contribution in [-0.4, -0.2) is 18.1 Å². The second kappa shape index (κ2) is 6.75. The number of nitrogens with one attached hydrogen (secondary N) is 1. The van der Waals surface area contributed by atoms with Crippen LogP contribution in [0.1, 0.15) is 19.4 Å². The van der Waals surface area contributed by atoms with E-state index in [0.29, 0.717) is 5.92 Å². The summed E-state index contributed by atoms with van der Waals surface area (Å²) >= 11 is 3.39. The highest BCUT2D eigenvalue weighted by atomic mass is 79.9. The van der Waals surface area contributed by atoms with E-state index in [4.69, 9.17) is 0 Å². The van der Waals surface area contributed by atoms with Gasteiger partial charge in [0, 0.05) is 23.4 Å². The molecule has 0 atom stereocenters. The van der Waals surface area contributed by atoms with Gasteiger partial charge in [0.05, 0.1) is 0 Å². The Morgan fingerprint density at radius 2 is 2.27 bits per heavy atom. The van der Waals surface area contributed by atoms with Crippen molar-refractivity contribution < 1.29 is 0 Å². The van der Waals surface area contributed by atoms with Crippen LogP contribution in [0, 0.1) is 5.92 Å². The van der Waals surface area contributed by atoms with Crippen LogP contribution in [0.2, 0.25) is 0 Å². The molecule has 0 aliphatic carbocycles. The molecule has 0 unspecified atom stereocenters. The van der Waals surface area contributed by atoms with E-state index >= 15 is 0 Å². The third-order valence-electron chi connectivity index (χ3n) is 1.85. The maximum absolute atomic E-state index is 4.09. The van der Waals surface area contributed by atoms with Gasteiger partial charge >= 0.3 is 0 Å². The molecular formula is C12H17BrN2. The number of pyridine rings is 1. The Morgan fingerprint density at radius 3 is 2.93 bits per heavy atom. The van der Waals surface area contributed by atoms with Crippen molar-refractivity contribution in [3.8, 4) is 0 Å². The Balaban J connectivity index is 2.32. The monoisotopic (exact) mass is 268 g/mol. The molecule has 0 bridgehead atoms. The molecule has 0 fully saturated rings. The molecule has 0 spiro atoms. The standard InChI is InChI=1S/C12H17BrN2/c1-10(2)7-14-5-3-4-11-6-12(13)9-15-8-11/h3-4,6,8-10,14H,5,7H2,1-2H3/b4-3+. The first-order chi connectivity index (χ1) is 7.18. The zero-order valence-corrected chi connectivity index (χ0v) is 10.8. The Morgan fingerprint density at radius 1 is 1.47 bits per heavy atom. The van der Waals surface area contributed by atoms with Crippen LogP contribution < -0.4 is 5.32 Å². The van der Waals surface area contributed by atoms with Crippen molar-refractivity contribution in [2.45, 2.75) is 13.8 Å². The average Bonchev–Trinajstić information content (AvgIpc) is 2.17. The van der Waals surface area contributed by atoms with Crippen LogP contribution in [0.5, 0.6) is 0 Å². The summed E-state index contributed by atoms with van der Waals surface area (Å²) < 4.78 is 1.01. The normalized spacial score (nSPS) is 11.5. The van der Waals surface area contributed by atoms with Crippen LogP contribution in [0.15, 0.2) is 29.0 Å². The van der Waals surface area contributed by atoms with Crippen molar-refractivity contribution in [1.29, 1.82) is 0 Å². The Kier molecular flexibility index (Phi) is 5.58. The quantitative estimate of drug-likeness (QED) is 0.831. The molecule has 0 amide bonds. The fraction of sp³-hybridized carbons (Fsp3) is 0.417. The van der Waals surface area contributed by atoms with Gasteiger partial charge in [-0.05, 0) is 40.0 Å². The van der Waals surface area contributed by atoms with Crippen molar-refractivity contribution >= 4 is 22.0 Å². The molecule has 0 aromatic carbocycles. The second-order valence-corrected chi connectivity index (χ2v) is 4.81. The van der Waals surface area contributed by atoms with E-state index in [1.165, 1.54) is 0 Å². The molecule has 2 nitrogen and oxygen atoms in total. The minimum Gasteiger partial charge on any atom is -0.313 e. The summed E-state index contributed by atoms with van der Waals surface area (Å²) in [6, 6.07) is 2.05. The number of hydrogen-bond donors (Lipinski definition) is 1. The molecule has 1 aromatic heterocycles. The smallest absolute Gasteiger partial charge is 0.0410 e. The summed E-state index contributed by atoms with van der Waals surface area (Å²) in [4.78, 5) is 4.09. The van der Waals surface area contributed by atoms with Crippen molar-refractivity contribution in [3.05, 3.63) is 34.6 Å². The molecule has 82 valence electrons. The van der Waals surface area contributed by atoms with Gasteiger partial charge in [-0.2, -0.15) is 0 Å². The zero-order valence-electron chi connectivity index (χ0n) is 9.20. The minimum atomic E-state index is 0.700. The molecule has 0 aliphatic heterocycles. The van der Waals surface area contributed by atoms with Crippen LogP contribution >= 0.6 is 15.9 Å². The molecule has 1 rings (SSSR count). The first-order valence-electron chi connectivity index (χ1n) is 5.16. The molecule has 1 heterocycles. The van der Waals surface area contributed by atoms with Gasteiger partial charge < -0.3 is 5.32 Å². The van der Waals surface area contributed by atoms with Gasteiger partial charge in [-0.3, -0.25) is 4.98 Å². The fourth-order valence-electron chi connectivity index (χ4n) is 1.17. The fourth-order valence-corrected chi connectivity index (χ4v) is 1.55. The summed E-state index contributed by atoms with van der Waals surface area (Å²) in [5, 5.41) is 3.35. The van der Waals surface area contributed by atoms with Crippen molar-refractivity contribution in [1.82, 2.24) is 10.3 Å². The van der Waals surface area contributed by atoms with Crippen LogP contribution in [0.4, 0.5) is 0 Å². The third kappa shape index (κ3) is 5.70. The lowest BCUT2D eigenvalue weighted by Gasteiger charge is -2.03. The number of rotatable bonds is 5. The van der Waals surface area contributed by atoms with E-state index in [2.05, 4.69) is 52.2 Å². The van der Waals surface area contributed by atoms with E-state index < -0.39 is 0 Å². The predicted molar refractivity (Wildman–Crippen MR) is 68.7 cm³/mol. The maximum Gasteiger partial charge on any atom is 0.0410 e. The summed E-state index contributed by atoms with van der Waals surface area (Å²) in [7, 11) is 0. The van der Waals surface area contributed by atoms with Gasteiger partial charge in [-0.25, -0.2) is 0 Å². The minimum absolute atomic E-state index is 0.700. The third-order valence-corrected chi connectivity index (χ3v) is 2.28. The summed E-state index contributed by atoms with van der Waals surface area (Å²) in [6.07, 6.45) is 7.83. The predicted octanol–water partition coefficient (Wildman–Crippen LogP) is 3.10. The van der Waals surface area contributed by atoms with Crippen molar-refractivity contribution in [2.75, 3.05) is 13.1 Å². The van der Waals surface area contributed by atoms with Crippen molar-refractivity contribution in [3.63, 3.8) is 0 Å². The highest BCUT2D eigenvalue weighted by molar-refractivity contribution is 9.10. The Bertz CT molecular complexity index is 321. The van der Waals surface area contributed by atoms with Crippen molar-refractivity contribution in [2.24, 2.45) is 5.92 Å². The molecule has 0 aliphatic rings. The molecule has 0 radical (unpaired) electrons.